The topological polar surface area (TPSA) is 144 Å². The average Bonchev–Trinajstić information content (AvgIpc) is 3.75. The van der Waals surface area contributed by atoms with E-state index in [9.17, 15) is 18.0 Å². The fourth-order valence-corrected chi connectivity index (χ4v) is 6.94. The third kappa shape index (κ3) is 4.60. The number of fused-ring (bicyclic) bond motifs is 5. The molecule has 14 heteroatoms. The molecule has 0 atom stereocenters. The first kappa shape index (κ1) is 28.6. The molecule has 0 saturated carbocycles. The summed E-state index contributed by atoms with van der Waals surface area (Å²) in [5, 5.41) is 3.54. The van der Waals surface area contributed by atoms with Crippen molar-refractivity contribution in [2.45, 2.75) is 18.2 Å². The monoisotopic (exact) mass is 627 g/mol. The van der Waals surface area contributed by atoms with Crippen molar-refractivity contribution in [2.75, 3.05) is 44.5 Å². The van der Waals surface area contributed by atoms with Crippen LogP contribution in [0.1, 0.15) is 11.1 Å². The van der Waals surface area contributed by atoms with Gasteiger partial charge in [-0.2, -0.15) is 4.98 Å². The molecular weight excluding hydrogens is 598 g/mol. The highest BCUT2D eigenvalue weighted by Gasteiger charge is 2.28. The number of methoxy groups -OCH3 is 1. The smallest absolute Gasteiger partial charge is 0.304 e. The molecule has 4 aromatic heterocycles. The predicted octanol–water partition coefficient (Wildman–Crippen LogP) is 3.54. The molecular formula is C31H29N7O6S. The van der Waals surface area contributed by atoms with E-state index in [-0.39, 0.29) is 40.2 Å². The first-order chi connectivity index (χ1) is 21.6. The van der Waals surface area contributed by atoms with Crippen LogP contribution >= 0.6 is 0 Å². The maximum absolute atomic E-state index is 13.8. The lowest BCUT2D eigenvalue weighted by molar-refractivity contribution is -0.119. The average molecular weight is 628 g/mol. The Bertz CT molecular complexity index is 2320. The van der Waals surface area contributed by atoms with Crippen LogP contribution in [0.4, 0.5) is 17.3 Å². The molecule has 2 aromatic carbocycles. The molecule has 0 saturated heterocycles. The van der Waals surface area contributed by atoms with E-state index in [4.69, 9.17) is 14.1 Å². The molecule has 1 amide bonds. The van der Waals surface area contributed by atoms with E-state index in [0.717, 1.165) is 15.1 Å². The zero-order valence-electron chi connectivity index (χ0n) is 24.9. The molecule has 0 bridgehead atoms. The van der Waals surface area contributed by atoms with Gasteiger partial charge in [-0.3, -0.25) is 9.59 Å². The van der Waals surface area contributed by atoms with Crippen LogP contribution in [0.3, 0.4) is 0 Å². The predicted molar refractivity (Wildman–Crippen MR) is 169 cm³/mol. The van der Waals surface area contributed by atoms with Crippen molar-refractivity contribution in [1.29, 1.82) is 0 Å². The molecule has 13 nitrogen and oxygen atoms in total. The Balaban J connectivity index is 1.45. The molecule has 7 rings (SSSR count). The number of hydrogen-bond acceptors (Lipinski definition) is 10. The maximum Gasteiger partial charge on any atom is 0.304 e. The van der Waals surface area contributed by atoms with Crippen LogP contribution in [-0.4, -0.2) is 71.9 Å². The number of hydrogen-bond donors (Lipinski definition) is 1. The third-order valence-electron chi connectivity index (χ3n) is 7.84. The van der Waals surface area contributed by atoms with Gasteiger partial charge in [-0.1, -0.05) is 17.7 Å². The molecule has 5 heterocycles. The Morgan fingerprint density at radius 1 is 1.09 bits per heavy atom. The van der Waals surface area contributed by atoms with Crippen LogP contribution in [0.25, 0.3) is 27.8 Å². The van der Waals surface area contributed by atoms with Crippen LogP contribution < -0.4 is 20.5 Å². The Labute approximate surface area is 257 Å². The number of likely N-dealkylation sites (N-methyl/N-ethyl adjacent to an activating group) is 1. The van der Waals surface area contributed by atoms with E-state index in [1.807, 2.05) is 32.0 Å². The zero-order valence-corrected chi connectivity index (χ0v) is 25.8. The number of nitrogens with zero attached hydrogens (tertiary/aromatic N) is 6. The molecule has 0 unspecified atom stereocenters. The van der Waals surface area contributed by atoms with Crippen molar-refractivity contribution in [1.82, 2.24) is 23.2 Å². The minimum absolute atomic E-state index is 0.0183. The summed E-state index contributed by atoms with van der Waals surface area (Å²) in [5.41, 5.74) is 3.03. The minimum Gasteiger partial charge on any atom is -0.495 e. The molecule has 6 aromatic rings. The molecule has 0 fully saturated rings. The van der Waals surface area contributed by atoms with Gasteiger partial charge < -0.3 is 24.3 Å². The zero-order chi connectivity index (χ0) is 31.6. The Kier molecular flexibility index (Phi) is 6.63. The Morgan fingerprint density at radius 2 is 1.87 bits per heavy atom. The summed E-state index contributed by atoms with van der Waals surface area (Å²) < 4.78 is 41.1. The number of carbonyl (C=O) groups excluding carboxylic acids is 1. The van der Waals surface area contributed by atoms with Crippen molar-refractivity contribution < 1.29 is 22.4 Å². The highest BCUT2D eigenvalue weighted by Crippen LogP contribution is 2.39. The van der Waals surface area contributed by atoms with Crippen molar-refractivity contribution in [3.05, 3.63) is 82.5 Å². The Morgan fingerprint density at radius 3 is 2.60 bits per heavy atom. The number of aryl methyl sites for hydroxylation is 1. The molecule has 1 aliphatic rings. The van der Waals surface area contributed by atoms with E-state index in [2.05, 4.69) is 10.3 Å². The largest absolute Gasteiger partial charge is 0.495 e. The first-order valence-electron chi connectivity index (χ1n) is 14.1. The Hall–Kier alpha value is -5.21. The van der Waals surface area contributed by atoms with Crippen molar-refractivity contribution in [3.63, 3.8) is 0 Å². The fourth-order valence-electron chi connectivity index (χ4n) is 5.65. The van der Waals surface area contributed by atoms with Gasteiger partial charge in [-0.05, 0) is 63.3 Å². The molecule has 1 aliphatic heterocycles. The summed E-state index contributed by atoms with van der Waals surface area (Å²) in [7, 11) is 1.12. The van der Waals surface area contributed by atoms with Gasteiger partial charge >= 0.3 is 5.56 Å². The number of amides is 1. The number of nitrogens with one attached hydrogen (secondary N) is 1. The second kappa shape index (κ2) is 10.5. The van der Waals surface area contributed by atoms with E-state index in [1.165, 1.54) is 36.1 Å². The normalized spacial score (nSPS) is 13.3. The summed E-state index contributed by atoms with van der Waals surface area (Å²) in [6.45, 7) is 2.63. The third-order valence-corrected chi connectivity index (χ3v) is 9.52. The maximum atomic E-state index is 13.8. The summed E-state index contributed by atoms with van der Waals surface area (Å²) in [6, 6.07) is 13.3. The lowest BCUT2D eigenvalue weighted by Crippen LogP contribution is -2.36. The summed E-state index contributed by atoms with van der Waals surface area (Å²) >= 11 is 0. The number of rotatable bonds is 7. The second-order valence-corrected chi connectivity index (χ2v) is 13.0. The molecule has 0 aliphatic carbocycles. The molecule has 1 N–H and O–H groups in total. The quantitative estimate of drug-likeness (QED) is 0.279. The summed E-state index contributed by atoms with van der Waals surface area (Å²) in [4.78, 5) is 39.8. The van der Waals surface area contributed by atoms with Crippen LogP contribution in [0.2, 0.25) is 0 Å². The fraction of sp³-hybridized carbons (Fsp3) is 0.226. The minimum atomic E-state index is -4.07. The molecule has 45 heavy (non-hydrogen) atoms. The van der Waals surface area contributed by atoms with Crippen LogP contribution in [0.15, 0.2) is 75.1 Å². The highest BCUT2D eigenvalue weighted by atomic mass is 32.2. The van der Waals surface area contributed by atoms with E-state index >= 15 is 0 Å². The lowest BCUT2D eigenvalue weighted by Gasteiger charge is -2.21. The van der Waals surface area contributed by atoms with E-state index in [0.29, 0.717) is 41.0 Å². The SMILES string of the molecule is COc1cc2c(cc1Nc1nc3c(ccn3S(=O)(=O)c3ccc(C)cc3)c3nc4ccoc4c(=O)n13)N(C(=O)CN(C)C)CC2. The van der Waals surface area contributed by atoms with Gasteiger partial charge in [-0.25, -0.2) is 21.8 Å². The van der Waals surface area contributed by atoms with Crippen LogP contribution in [0.5, 0.6) is 5.75 Å². The van der Waals surface area contributed by atoms with Gasteiger partial charge in [0.2, 0.25) is 17.4 Å². The van der Waals surface area contributed by atoms with Gasteiger partial charge in [0.15, 0.2) is 11.3 Å². The van der Waals surface area contributed by atoms with Crippen molar-refractivity contribution in [3.8, 4) is 5.75 Å². The van der Waals surface area contributed by atoms with Crippen LogP contribution in [-0.2, 0) is 21.2 Å². The van der Waals surface area contributed by atoms with Gasteiger partial charge in [-0.15, -0.1) is 0 Å². The summed E-state index contributed by atoms with van der Waals surface area (Å²) in [6.07, 6.45) is 3.42. The number of benzene rings is 2. The number of furan rings is 1. The molecule has 230 valence electrons. The number of aromatic nitrogens is 4. The van der Waals surface area contributed by atoms with Gasteiger partial charge in [0.25, 0.3) is 10.0 Å². The second-order valence-electron chi connectivity index (χ2n) is 11.2. The molecule has 0 radical (unpaired) electrons. The van der Waals surface area contributed by atoms with E-state index < -0.39 is 15.6 Å². The van der Waals surface area contributed by atoms with Gasteiger partial charge in [0, 0.05) is 24.5 Å². The van der Waals surface area contributed by atoms with Crippen molar-refractivity contribution in [2.24, 2.45) is 0 Å². The number of carbonyl (C=O) groups is 1. The number of ether oxygens (including phenoxy) is 1. The van der Waals surface area contributed by atoms with Gasteiger partial charge in [0.05, 0.1) is 35.9 Å². The van der Waals surface area contributed by atoms with Crippen molar-refractivity contribution >= 4 is 61.0 Å². The highest BCUT2D eigenvalue weighted by molar-refractivity contribution is 7.90. The summed E-state index contributed by atoms with van der Waals surface area (Å²) in [5.74, 6) is 0.378. The van der Waals surface area contributed by atoms with Crippen LogP contribution in [0, 0.1) is 6.92 Å². The number of anilines is 3. The molecule has 0 spiro atoms. The van der Waals surface area contributed by atoms with E-state index in [1.54, 1.807) is 35.2 Å². The standard InChI is InChI=1S/C31H29N7O6S/c1-18-5-7-20(8-6-18)45(41,42)37-13-10-21-28(37)34-31(38-29(21)32-22-11-14-44-27(22)30(38)40)33-23-16-24-19(15-25(23)43-4)9-12-36(24)26(39)17-35(2)3/h5-8,10-11,13-16H,9,12,17H2,1-4H3,(H,33,34). The lowest BCUT2D eigenvalue weighted by atomic mass is 10.1. The first-order valence-corrected chi connectivity index (χ1v) is 15.6. The van der Waals surface area contributed by atoms with Gasteiger partial charge in [0.1, 0.15) is 11.3 Å².